The fourth-order valence-electron chi connectivity index (χ4n) is 2.22. The van der Waals surface area contributed by atoms with Gasteiger partial charge in [-0.3, -0.25) is 25.8 Å². The zero-order valence-corrected chi connectivity index (χ0v) is 17.5. The molecular weight excluding hydrogens is 390 g/mol. The lowest BCUT2D eigenvalue weighted by atomic mass is 10.2. The van der Waals surface area contributed by atoms with Crippen molar-refractivity contribution >= 4 is 29.1 Å². The number of nitrogens with one attached hydrogen (secondary N) is 3. The van der Waals surface area contributed by atoms with Crippen molar-refractivity contribution in [3.63, 3.8) is 0 Å². The maximum Gasteiger partial charge on any atom is 0.276 e. The number of aryl methyl sites for hydroxylation is 1. The number of carbonyl (C=O) groups is 2. The first-order valence-corrected chi connectivity index (χ1v) is 9.57. The molecule has 7 nitrogen and oxygen atoms in total. The van der Waals surface area contributed by atoms with E-state index >= 15 is 0 Å². The summed E-state index contributed by atoms with van der Waals surface area (Å²) in [6.45, 7) is 6.34. The van der Waals surface area contributed by atoms with E-state index < -0.39 is 11.8 Å². The molecule has 0 saturated carbocycles. The molecule has 0 aliphatic heterocycles. The summed E-state index contributed by atoms with van der Waals surface area (Å²) >= 11 is 5.04. The summed E-state index contributed by atoms with van der Waals surface area (Å²) in [4.78, 5) is 24.2. The van der Waals surface area contributed by atoms with Crippen LogP contribution in [0.3, 0.4) is 0 Å². The van der Waals surface area contributed by atoms with E-state index in [-0.39, 0.29) is 11.7 Å². The Morgan fingerprint density at radius 2 is 1.79 bits per heavy atom. The second-order valence-corrected chi connectivity index (χ2v) is 7.15. The Morgan fingerprint density at radius 1 is 1.03 bits per heavy atom. The van der Waals surface area contributed by atoms with Crippen LogP contribution < -0.4 is 25.6 Å². The first kappa shape index (κ1) is 22.2. The van der Waals surface area contributed by atoms with Gasteiger partial charge in [0.25, 0.3) is 11.8 Å². The summed E-state index contributed by atoms with van der Waals surface area (Å²) in [5.74, 6) is 0.754. The van der Waals surface area contributed by atoms with Crippen molar-refractivity contribution in [3.05, 3.63) is 59.7 Å². The Bertz CT molecular complexity index is 871. The monoisotopic (exact) mass is 415 g/mol. The van der Waals surface area contributed by atoms with Crippen molar-refractivity contribution in [1.82, 2.24) is 16.2 Å². The number of para-hydroxylation sites is 1. The number of amides is 2. The molecular formula is C21H25N3O4S. The summed E-state index contributed by atoms with van der Waals surface area (Å²) in [7, 11) is 0. The van der Waals surface area contributed by atoms with Crippen molar-refractivity contribution in [2.75, 3.05) is 13.2 Å². The van der Waals surface area contributed by atoms with Gasteiger partial charge in [0, 0.05) is 5.56 Å². The van der Waals surface area contributed by atoms with Crippen LogP contribution >= 0.6 is 12.2 Å². The second-order valence-electron chi connectivity index (χ2n) is 6.74. The summed E-state index contributed by atoms with van der Waals surface area (Å²) in [5, 5.41) is 2.46. The molecule has 0 atom stereocenters. The maximum atomic E-state index is 12.3. The van der Waals surface area contributed by atoms with Crippen molar-refractivity contribution in [2.45, 2.75) is 20.8 Å². The largest absolute Gasteiger partial charge is 0.493 e. The van der Waals surface area contributed by atoms with Crippen LogP contribution in [0.2, 0.25) is 0 Å². The molecule has 0 saturated heterocycles. The normalized spacial score (nSPS) is 10.2. The third-order valence-electron chi connectivity index (χ3n) is 3.67. The summed E-state index contributed by atoms with van der Waals surface area (Å²) in [6, 6.07) is 14.2. The van der Waals surface area contributed by atoms with E-state index in [0.717, 1.165) is 5.56 Å². The maximum absolute atomic E-state index is 12.3. The van der Waals surface area contributed by atoms with E-state index in [1.807, 2.05) is 39.0 Å². The van der Waals surface area contributed by atoms with Gasteiger partial charge in [-0.15, -0.1) is 0 Å². The number of hydrogen-bond acceptors (Lipinski definition) is 5. The van der Waals surface area contributed by atoms with Gasteiger partial charge in [-0.05, 0) is 54.9 Å². The number of rotatable bonds is 7. The Balaban J connectivity index is 1.77. The van der Waals surface area contributed by atoms with Gasteiger partial charge < -0.3 is 9.47 Å². The molecule has 154 valence electrons. The molecule has 0 aliphatic rings. The summed E-state index contributed by atoms with van der Waals surface area (Å²) < 4.78 is 11.1. The lowest BCUT2D eigenvalue weighted by Gasteiger charge is -2.13. The minimum atomic E-state index is -0.436. The van der Waals surface area contributed by atoms with E-state index in [0.29, 0.717) is 29.6 Å². The molecule has 2 aromatic rings. The number of hydrogen-bond donors (Lipinski definition) is 3. The third-order valence-corrected chi connectivity index (χ3v) is 3.88. The first-order chi connectivity index (χ1) is 13.8. The summed E-state index contributed by atoms with van der Waals surface area (Å²) in [5.41, 5.74) is 6.18. The van der Waals surface area contributed by atoms with Gasteiger partial charge in [0.1, 0.15) is 11.5 Å². The van der Waals surface area contributed by atoms with Gasteiger partial charge in [0.2, 0.25) is 0 Å². The Kier molecular flexibility index (Phi) is 8.42. The summed E-state index contributed by atoms with van der Waals surface area (Å²) in [6.07, 6.45) is 0. The second kappa shape index (κ2) is 11.0. The van der Waals surface area contributed by atoms with Gasteiger partial charge in [-0.1, -0.05) is 38.1 Å². The molecule has 29 heavy (non-hydrogen) atoms. The van der Waals surface area contributed by atoms with Crippen LogP contribution in [-0.2, 0) is 4.79 Å². The molecule has 0 aliphatic carbocycles. The minimum absolute atomic E-state index is 0.0345. The molecule has 8 heteroatoms. The highest BCUT2D eigenvalue weighted by Crippen LogP contribution is 2.16. The van der Waals surface area contributed by atoms with Crippen LogP contribution in [0.5, 0.6) is 11.5 Å². The van der Waals surface area contributed by atoms with Crippen molar-refractivity contribution < 1.29 is 19.1 Å². The molecule has 2 aromatic carbocycles. The van der Waals surface area contributed by atoms with Crippen LogP contribution in [0, 0.1) is 12.8 Å². The third kappa shape index (κ3) is 7.79. The fraction of sp³-hybridized carbons (Fsp3) is 0.286. The quantitative estimate of drug-likeness (QED) is 0.476. The van der Waals surface area contributed by atoms with Gasteiger partial charge in [-0.25, -0.2) is 0 Å². The van der Waals surface area contributed by atoms with Crippen LogP contribution in [0.4, 0.5) is 0 Å². The molecule has 2 amide bonds. The van der Waals surface area contributed by atoms with E-state index in [2.05, 4.69) is 16.2 Å². The Hall–Kier alpha value is -3.13. The zero-order chi connectivity index (χ0) is 21.2. The minimum Gasteiger partial charge on any atom is -0.493 e. The van der Waals surface area contributed by atoms with Crippen molar-refractivity contribution in [2.24, 2.45) is 5.92 Å². The van der Waals surface area contributed by atoms with E-state index in [9.17, 15) is 9.59 Å². The van der Waals surface area contributed by atoms with Crippen LogP contribution in [0.1, 0.15) is 29.8 Å². The molecule has 0 heterocycles. The smallest absolute Gasteiger partial charge is 0.276 e. The Morgan fingerprint density at radius 3 is 2.52 bits per heavy atom. The number of thiocarbonyl (C=S) groups is 1. The molecule has 0 radical (unpaired) electrons. The average molecular weight is 416 g/mol. The predicted octanol–water partition coefficient (Wildman–Crippen LogP) is 2.74. The highest BCUT2D eigenvalue weighted by atomic mass is 32.1. The highest BCUT2D eigenvalue weighted by molar-refractivity contribution is 7.80. The van der Waals surface area contributed by atoms with E-state index in [1.54, 1.807) is 30.3 Å². The zero-order valence-electron chi connectivity index (χ0n) is 16.7. The standard InChI is InChI=1S/C21H25N3O4S/c1-14(2)12-27-17-9-6-8-16(11-17)20(26)22-21(29)24-23-19(25)13-28-18-10-5-4-7-15(18)3/h4-11,14H,12-13H2,1-3H3,(H,23,25)(H2,22,24,26,29). The van der Waals surface area contributed by atoms with Gasteiger partial charge in [-0.2, -0.15) is 0 Å². The molecule has 0 aromatic heterocycles. The SMILES string of the molecule is Cc1ccccc1OCC(=O)NNC(=S)NC(=O)c1cccc(OCC(C)C)c1. The van der Waals surface area contributed by atoms with Crippen LogP contribution in [0.15, 0.2) is 48.5 Å². The molecule has 0 spiro atoms. The van der Waals surface area contributed by atoms with E-state index in [4.69, 9.17) is 21.7 Å². The van der Waals surface area contributed by atoms with Crippen molar-refractivity contribution in [3.8, 4) is 11.5 Å². The van der Waals surface area contributed by atoms with Crippen LogP contribution in [0.25, 0.3) is 0 Å². The van der Waals surface area contributed by atoms with Gasteiger partial charge >= 0.3 is 0 Å². The highest BCUT2D eigenvalue weighted by Gasteiger charge is 2.10. The number of ether oxygens (including phenoxy) is 2. The molecule has 2 rings (SSSR count). The predicted molar refractivity (Wildman–Crippen MR) is 115 cm³/mol. The Labute approximate surface area is 175 Å². The fourth-order valence-corrected chi connectivity index (χ4v) is 2.36. The van der Waals surface area contributed by atoms with Crippen molar-refractivity contribution in [1.29, 1.82) is 0 Å². The lowest BCUT2D eigenvalue weighted by Crippen LogP contribution is -2.49. The molecule has 3 N–H and O–H groups in total. The molecule has 0 unspecified atom stereocenters. The molecule has 0 bridgehead atoms. The first-order valence-electron chi connectivity index (χ1n) is 9.16. The lowest BCUT2D eigenvalue weighted by molar-refractivity contribution is -0.123. The van der Waals surface area contributed by atoms with Gasteiger partial charge in [0.15, 0.2) is 11.7 Å². The average Bonchev–Trinajstić information content (AvgIpc) is 2.70. The number of hydrazine groups is 1. The topological polar surface area (TPSA) is 88.7 Å². The van der Waals surface area contributed by atoms with E-state index in [1.165, 1.54) is 0 Å². The number of benzene rings is 2. The van der Waals surface area contributed by atoms with Gasteiger partial charge in [0.05, 0.1) is 6.61 Å². The molecule has 0 fully saturated rings. The van der Waals surface area contributed by atoms with Crippen LogP contribution in [-0.4, -0.2) is 30.1 Å². The number of carbonyl (C=O) groups excluding carboxylic acids is 2.